The fraction of sp³-hybridized carbons (Fsp3) is 0.474. The van der Waals surface area contributed by atoms with Crippen molar-refractivity contribution in [1.82, 2.24) is 14.6 Å². The summed E-state index contributed by atoms with van der Waals surface area (Å²) in [4.78, 5) is 27.2. The number of carbonyl (C=O) groups excluding carboxylic acids is 1. The van der Waals surface area contributed by atoms with Gasteiger partial charge < -0.3 is 10.3 Å². The maximum atomic E-state index is 13.0. The van der Waals surface area contributed by atoms with Crippen LogP contribution in [-0.2, 0) is 10.0 Å². The van der Waals surface area contributed by atoms with Gasteiger partial charge in [-0.25, -0.2) is 8.42 Å². The molecule has 1 saturated carbocycles. The molecule has 2 N–H and O–H groups in total. The van der Waals surface area contributed by atoms with E-state index in [4.69, 9.17) is 0 Å². The summed E-state index contributed by atoms with van der Waals surface area (Å²) in [5.74, 6) is -0.346. The number of pyridine rings is 1. The monoisotopic (exact) mass is 391 g/mol. The molecule has 0 bridgehead atoms. The summed E-state index contributed by atoms with van der Waals surface area (Å²) in [5, 5.41) is 3.29. The van der Waals surface area contributed by atoms with Crippen molar-refractivity contribution in [3.63, 3.8) is 0 Å². The fourth-order valence-corrected chi connectivity index (χ4v) is 4.52. The lowest BCUT2D eigenvalue weighted by Crippen LogP contribution is -2.32. The van der Waals surface area contributed by atoms with E-state index in [-0.39, 0.29) is 22.4 Å². The summed E-state index contributed by atoms with van der Waals surface area (Å²) in [6.07, 6.45) is 3.53. The smallest absolute Gasteiger partial charge is 0.252 e. The summed E-state index contributed by atoms with van der Waals surface area (Å²) < 4.78 is 27.4. The Morgan fingerprint density at radius 3 is 2.63 bits per heavy atom. The Bertz CT molecular complexity index is 1010. The van der Waals surface area contributed by atoms with Crippen molar-refractivity contribution in [1.29, 1.82) is 0 Å². The number of aromatic amines is 1. The molecule has 1 heterocycles. The maximum Gasteiger partial charge on any atom is 0.252 e. The number of nitrogens with one attached hydrogen (secondary N) is 2. The van der Waals surface area contributed by atoms with Gasteiger partial charge in [0.05, 0.1) is 10.5 Å². The maximum absolute atomic E-state index is 13.0. The van der Waals surface area contributed by atoms with Crippen LogP contribution < -0.4 is 10.9 Å². The van der Waals surface area contributed by atoms with Gasteiger partial charge in [0.2, 0.25) is 15.6 Å². The zero-order chi connectivity index (χ0) is 19.6. The molecular weight excluding hydrogens is 366 g/mol. The minimum absolute atomic E-state index is 0.125. The van der Waals surface area contributed by atoms with Crippen molar-refractivity contribution in [3.8, 4) is 0 Å². The molecule has 0 aliphatic heterocycles. The van der Waals surface area contributed by atoms with Crippen LogP contribution in [0.4, 0.5) is 0 Å². The fourth-order valence-electron chi connectivity index (χ4n) is 3.00. The van der Waals surface area contributed by atoms with Gasteiger partial charge in [0.25, 0.3) is 5.91 Å². The Labute approximate surface area is 158 Å². The highest BCUT2D eigenvalue weighted by Crippen LogP contribution is 2.24. The van der Waals surface area contributed by atoms with Crippen LogP contribution in [0.3, 0.4) is 0 Å². The van der Waals surface area contributed by atoms with Gasteiger partial charge in [0, 0.05) is 36.1 Å². The van der Waals surface area contributed by atoms with E-state index in [2.05, 4.69) is 10.3 Å². The van der Waals surface area contributed by atoms with E-state index in [1.165, 1.54) is 22.5 Å². The van der Waals surface area contributed by atoms with Gasteiger partial charge in [-0.1, -0.05) is 20.3 Å². The van der Waals surface area contributed by atoms with E-state index in [1.54, 1.807) is 13.0 Å². The lowest BCUT2D eigenvalue weighted by molar-refractivity contribution is 0.0952. The van der Waals surface area contributed by atoms with E-state index in [1.807, 2.05) is 6.92 Å². The van der Waals surface area contributed by atoms with Crippen molar-refractivity contribution < 1.29 is 13.2 Å². The Hall–Kier alpha value is -2.19. The van der Waals surface area contributed by atoms with Crippen molar-refractivity contribution >= 4 is 26.8 Å². The molecule has 2 aromatic rings. The normalized spacial score (nSPS) is 14.6. The van der Waals surface area contributed by atoms with Gasteiger partial charge in [-0.15, -0.1) is 0 Å². The molecule has 0 unspecified atom stereocenters. The predicted octanol–water partition coefficient (Wildman–Crippen LogP) is 2.23. The second kappa shape index (κ2) is 7.82. The number of H-pyrrole nitrogens is 1. The van der Waals surface area contributed by atoms with Crippen LogP contribution in [0.2, 0.25) is 0 Å². The summed E-state index contributed by atoms with van der Waals surface area (Å²) >= 11 is 0. The van der Waals surface area contributed by atoms with E-state index in [0.717, 1.165) is 25.7 Å². The molecule has 7 nitrogen and oxygen atoms in total. The van der Waals surface area contributed by atoms with Crippen molar-refractivity contribution in [2.75, 3.05) is 13.1 Å². The van der Waals surface area contributed by atoms with E-state index >= 15 is 0 Å². The molecule has 1 fully saturated rings. The van der Waals surface area contributed by atoms with Gasteiger partial charge in [0.15, 0.2) is 0 Å². The van der Waals surface area contributed by atoms with E-state index in [0.29, 0.717) is 24.0 Å². The molecule has 1 amide bonds. The average Bonchev–Trinajstić information content (AvgIpc) is 3.44. The van der Waals surface area contributed by atoms with E-state index < -0.39 is 15.6 Å². The SMILES string of the molecule is CCCCN(CC)S(=O)(=O)c1ccc2[nH]c(=O)cc(C(=O)NC3CC3)c2c1. The predicted molar refractivity (Wildman–Crippen MR) is 104 cm³/mol. The number of hydrogen-bond donors (Lipinski definition) is 2. The number of amides is 1. The first-order chi connectivity index (χ1) is 12.9. The number of nitrogens with zero attached hydrogens (tertiary/aromatic N) is 1. The van der Waals surface area contributed by atoms with Crippen LogP contribution in [0.25, 0.3) is 10.9 Å². The number of unbranched alkanes of at least 4 members (excludes halogenated alkanes) is 1. The highest BCUT2D eigenvalue weighted by molar-refractivity contribution is 7.89. The number of hydrogen-bond acceptors (Lipinski definition) is 4. The Morgan fingerprint density at radius 1 is 1.26 bits per heavy atom. The van der Waals surface area contributed by atoms with Gasteiger partial charge in [-0.2, -0.15) is 4.31 Å². The van der Waals surface area contributed by atoms with Gasteiger partial charge in [-0.05, 0) is 37.5 Å². The van der Waals surface area contributed by atoms with Gasteiger partial charge >= 0.3 is 0 Å². The zero-order valence-electron chi connectivity index (χ0n) is 15.6. The number of fused-ring (bicyclic) bond motifs is 1. The van der Waals surface area contributed by atoms with Crippen LogP contribution in [0.1, 0.15) is 49.9 Å². The second-order valence-corrected chi connectivity index (χ2v) is 8.79. The number of rotatable bonds is 8. The Balaban J connectivity index is 2.06. The summed E-state index contributed by atoms with van der Waals surface area (Å²) in [7, 11) is -3.67. The molecule has 0 atom stereocenters. The molecule has 146 valence electrons. The molecule has 1 aromatic carbocycles. The van der Waals surface area contributed by atoms with Crippen LogP contribution in [0.5, 0.6) is 0 Å². The third kappa shape index (κ3) is 4.22. The molecule has 1 aliphatic rings. The standard InChI is InChI=1S/C19H25N3O4S/c1-3-5-10-22(4-2)27(25,26)14-8-9-17-15(11-14)16(12-18(23)21-17)19(24)20-13-6-7-13/h8-9,11-13H,3-7,10H2,1-2H3,(H,20,24)(H,21,23). The minimum Gasteiger partial charge on any atom is -0.349 e. The third-order valence-electron chi connectivity index (χ3n) is 4.72. The summed E-state index contributed by atoms with van der Waals surface area (Å²) in [5.41, 5.74) is 0.255. The average molecular weight is 391 g/mol. The molecule has 8 heteroatoms. The highest BCUT2D eigenvalue weighted by Gasteiger charge is 2.26. The van der Waals surface area contributed by atoms with Crippen molar-refractivity contribution in [3.05, 3.63) is 40.2 Å². The molecule has 27 heavy (non-hydrogen) atoms. The lowest BCUT2D eigenvalue weighted by atomic mass is 10.1. The molecule has 0 saturated heterocycles. The minimum atomic E-state index is -3.67. The lowest BCUT2D eigenvalue weighted by Gasteiger charge is -2.20. The number of sulfonamides is 1. The van der Waals surface area contributed by atoms with Crippen molar-refractivity contribution in [2.24, 2.45) is 0 Å². The number of aromatic nitrogens is 1. The van der Waals surface area contributed by atoms with Crippen molar-refractivity contribution in [2.45, 2.75) is 50.5 Å². The Morgan fingerprint density at radius 2 is 2.00 bits per heavy atom. The first-order valence-corrected chi connectivity index (χ1v) is 10.8. The highest BCUT2D eigenvalue weighted by atomic mass is 32.2. The van der Waals surface area contributed by atoms with Gasteiger partial charge in [0.1, 0.15) is 0 Å². The number of carbonyl (C=O) groups is 1. The molecule has 0 radical (unpaired) electrons. The topological polar surface area (TPSA) is 99.3 Å². The molecular formula is C19H25N3O4S. The molecule has 1 aliphatic carbocycles. The first-order valence-electron chi connectivity index (χ1n) is 9.35. The van der Waals surface area contributed by atoms with Crippen LogP contribution >= 0.6 is 0 Å². The molecule has 1 aromatic heterocycles. The summed E-state index contributed by atoms with van der Waals surface area (Å²) in [6, 6.07) is 5.88. The summed E-state index contributed by atoms with van der Waals surface area (Å²) in [6.45, 7) is 4.65. The van der Waals surface area contributed by atoms with Crippen LogP contribution in [-0.4, -0.2) is 42.7 Å². The zero-order valence-corrected chi connectivity index (χ0v) is 16.4. The molecule has 0 spiro atoms. The molecule has 3 rings (SSSR count). The number of benzene rings is 1. The van der Waals surface area contributed by atoms with Crippen LogP contribution in [0.15, 0.2) is 34.0 Å². The van der Waals surface area contributed by atoms with E-state index in [9.17, 15) is 18.0 Å². The largest absolute Gasteiger partial charge is 0.349 e. The second-order valence-electron chi connectivity index (χ2n) is 6.85. The quantitative estimate of drug-likeness (QED) is 0.721. The van der Waals surface area contributed by atoms with Crippen LogP contribution in [0, 0.1) is 0 Å². The Kier molecular flexibility index (Phi) is 5.67. The third-order valence-corrected chi connectivity index (χ3v) is 6.69. The van der Waals surface area contributed by atoms with Gasteiger partial charge in [-0.3, -0.25) is 9.59 Å². The first kappa shape index (κ1) is 19.6.